The zero-order valence-electron chi connectivity index (χ0n) is 22.2. The maximum Gasteiger partial charge on any atom is 0.269 e. The van der Waals surface area contributed by atoms with E-state index in [4.69, 9.17) is 0 Å². The van der Waals surface area contributed by atoms with Gasteiger partial charge in [0.15, 0.2) is 0 Å². The number of non-ortho nitro benzene ring substituents is 1. The van der Waals surface area contributed by atoms with Gasteiger partial charge in [-0.1, -0.05) is 72.8 Å². The number of carbonyl (C=O) groups excluding carboxylic acids is 2. The van der Waals surface area contributed by atoms with Crippen LogP contribution in [0.25, 0.3) is 0 Å². The number of hydrogen-bond donors (Lipinski definition) is 2. The number of hydrogen-bond acceptors (Lipinski definition) is 6. The number of rotatable bonds is 9. The van der Waals surface area contributed by atoms with Gasteiger partial charge in [0, 0.05) is 23.4 Å². The molecule has 0 aliphatic heterocycles. The lowest BCUT2D eigenvalue weighted by molar-refractivity contribution is -0.384. The van der Waals surface area contributed by atoms with Crippen molar-refractivity contribution in [2.24, 2.45) is 0 Å². The van der Waals surface area contributed by atoms with Gasteiger partial charge in [0.25, 0.3) is 5.69 Å². The summed E-state index contributed by atoms with van der Waals surface area (Å²) >= 11 is 1.42. The van der Waals surface area contributed by atoms with Gasteiger partial charge in [-0.2, -0.15) is 5.26 Å². The van der Waals surface area contributed by atoms with Crippen LogP contribution in [0.3, 0.4) is 0 Å². The van der Waals surface area contributed by atoms with Crippen LogP contribution in [0.1, 0.15) is 51.5 Å². The van der Waals surface area contributed by atoms with Crippen molar-refractivity contribution in [2.45, 2.75) is 44.1 Å². The molecule has 0 unspecified atom stereocenters. The quantitative estimate of drug-likeness (QED) is 0.193. The van der Waals surface area contributed by atoms with Crippen LogP contribution in [0.2, 0.25) is 0 Å². The highest BCUT2D eigenvalue weighted by Crippen LogP contribution is 2.37. The van der Waals surface area contributed by atoms with Crippen LogP contribution in [-0.2, 0) is 28.9 Å². The first kappa shape index (κ1) is 27.7. The van der Waals surface area contributed by atoms with Crippen molar-refractivity contribution in [3.05, 3.63) is 128 Å². The lowest BCUT2D eigenvalue weighted by Crippen LogP contribution is -2.47. The van der Waals surface area contributed by atoms with E-state index in [1.54, 1.807) is 12.1 Å². The summed E-state index contributed by atoms with van der Waals surface area (Å²) in [5.41, 5.74) is 3.65. The molecule has 0 spiro atoms. The number of nitro groups is 1. The normalized spacial score (nSPS) is 13.1. The minimum absolute atomic E-state index is 0.0603. The Kier molecular flexibility index (Phi) is 8.51. The Morgan fingerprint density at radius 1 is 0.902 bits per heavy atom. The largest absolute Gasteiger partial charge is 0.343 e. The van der Waals surface area contributed by atoms with Crippen LogP contribution in [0, 0.1) is 21.4 Å². The Morgan fingerprint density at radius 2 is 1.51 bits per heavy atom. The number of nitro benzene ring substituents is 1. The second-order valence-electron chi connectivity index (χ2n) is 9.96. The summed E-state index contributed by atoms with van der Waals surface area (Å²) in [6.45, 7) is 0. The van der Waals surface area contributed by atoms with Gasteiger partial charge >= 0.3 is 0 Å². The number of fused-ring (bicyclic) bond motifs is 1. The highest BCUT2D eigenvalue weighted by atomic mass is 32.1. The maximum atomic E-state index is 13.9. The molecule has 0 bridgehead atoms. The standard InChI is InChI=1S/C32H28N4O4S/c33-20-26-25-13-7-8-14-28(25)41-32(26)35-30(37)27(19-21-15-17-24(18-16-21)36(39)40)34-31(38)29(22-9-3-1-4-10-22)23-11-5-2-6-12-23/h1-6,9-12,15-18,27,29H,7-8,13-14,19H2,(H,34,38)(H,35,37)/t27-/m1/s1. The molecular weight excluding hydrogens is 536 g/mol. The summed E-state index contributed by atoms with van der Waals surface area (Å²) in [6.07, 6.45) is 3.85. The van der Waals surface area contributed by atoms with Crippen molar-refractivity contribution in [1.29, 1.82) is 5.26 Å². The molecule has 1 heterocycles. The zero-order chi connectivity index (χ0) is 28.8. The number of nitrogens with zero attached hydrogens (tertiary/aromatic N) is 2. The molecule has 41 heavy (non-hydrogen) atoms. The number of amides is 2. The van der Waals surface area contributed by atoms with E-state index in [1.807, 2.05) is 60.7 Å². The fourth-order valence-electron chi connectivity index (χ4n) is 5.21. The second kappa shape index (κ2) is 12.6. The van der Waals surface area contributed by atoms with Crippen molar-refractivity contribution in [3.63, 3.8) is 0 Å². The first-order chi connectivity index (χ1) is 19.9. The Morgan fingerprint density at radius 3 is 2.10 bits per heavy atom. The predicted molar refractivity (Wildman–Crippen MR) is 158 cm³/mol. The molecule has 0 radical (unpaired) electrons. The summed E-state index contributed by atoms with van der Waals surface area (Å²) in [4.78, 5) is 39.4. The molecule has 206 valence electrons. The predicted octanol–water partition coefficient (Wildman–Crippen LogP) is 5.90. The highest BCUT2D eigenvalue weighted by Gasteiger charge is 2.30. The van der Waals surface area contributed by atoms with E-state index in [2.05, 4.69) is 16.7 Å². The van der Waals surface area contributed by atoms with Gasteiger partial charge in [-0.3, -0.25) is 19.7 Å². The molecule has 9 heteroatoms. The van der Waals surface area contributed by atoms with Crippen LogP contribution in [0.4, 0.5) is 10.7 Å². The molecule has 4 aromatic rings. The van der Waals surface area contributed by atoms with Crippen LogP contribution in [0.15, 0.2) is 84.9 Å². The number of carbonyl (C=O) groups is 2. The Hall–Kier alpha value is -4.81. The van der Waals surface area contributed by atoms with Gasteiger partial charge in [-0.25, -0.2) is 0 Å². The Bertz CT molecular complexity index is 1560. The highest BCUT2D eigenvalue weighted by molar-refractivity contribution is 7.16. The number of benzene rings is 3. The van der Waals surface area contributed by atoms with Crippen LogP contribution in [-0.4, -0.2) is 22.8 Å². The summed E-state index contributed by atoms with van der Waals surface area (Å²) in [5.74, 6) is -1.46. The zero-order valence-corrected chi connectivity index (χ0v) is 23.0. The maximum absolute atomic E-state index is 13.9. The summed E-state index contributed by atoms with van der Waals surface area (Å²) in [6, 6.07) is 25.9. The van der Waals surface area contributed by atoms with Gasteiger partial charge < -0.3 is 10.6 Å². The first-order valence-electron chi connectivity index (χ1n) is 13.4. The Balaban J connectivity index is 1.46. The van der Waals surface area contributed by atoms with E-state index < -0.39 is 22.8 Å². The molecule has 2 amide bonds. The van der Waals surface area contributed by atoms with Gasteiger partial charge in [-0.05, 0) is 47.9 Å². The minimum Gasteiger partial charge on any atom is -0.343 e. The minimum atomic E-state index is -0.996. The first-order valence-corrected chi connectivity index (χ1v) is 14.3. The second-order valence-corrected chi connectivity index (χ2v) is 11.1. The van der Waals surface area contributed by atoms with Crippen molar-refractivity contribution in [2.75, 3.05) is 5.32 Å². The van der Waals surface area contributed by atoms with Crippen LogP contribution < -0.4 is 10.6 Å². The van der Waals surface area contributed by atoms with Crippen LogP contribution in [0.5, 0.6) is 0 Å². The third-order valence-electron chi connectivity index (χ3n) is 7.27. The summed E-state index contributed by atoms with van der Waals surface area (Å²) in [5, 5.41) is 27.4. The average molecular weight is 565 g/mol. The Labute approximate surface area is 241 Å². The molecule has 0 fully saturated rings. The van der Waals surface area contributed by atoms with Crippen LogP contribution >= 0.6 is 11.3 Å². The van der Waals surface area contributed by atoms with Gasteiger partial charge in [0.2, 0.25) is 11.8 Å². The molecule has 8 nitrogen and oxygen atoms in total. The number of thiophene rings is 1. The smallest absolute Gasteiger partial charge is 0.269 e. The van der Waals surface area contributed by atoms with Crippen molar-refractivity contribution in [3.8, 4) is 6.07 Å². The molecule has 1 aliphatic carbocycles. The fourth-order valence-corrected chi connectivity index (χ4v) is 6.45. The molecule has 1 aliphatic rings. The topological polar surface area (TPSA) is 125 Å². The third kappa shape index (κ3) is 6.34. The lowest BCUT2D eigenvalue weighted by atomic mass is 9.90. The number of aryl methyl sites for hydroxylation is 1. The van der Waals surface area contributed by atoms with E-state index in [9.17, 15) is 25.0 Å². The van der Waals surface area contributed by atoms with Gasteiger partial charge in [0.05, 0.1) is 16.4 Å². The third-order valence-corrected chi connectivity index (χ3v) is 8.48. The van der Waals surface area contributed by atoms with Crippen molar-refractivity contribution in [1.82, 2.24) is 5.32 Å². The molecule has 5 rings (SSSR count). The SMILES string of the molecule is N#Cc1c(NC(=O)[C@@H](Cc2ccc([N+](=O)[O-])cc2)NC(=O)C(c2ccccc2)c2ccccc2)sc2c1CCCC2. The van der Waals surface area contributed by atoms with Crippen molar-refractivity contribution >= 4 is 33.8 Å². The number of nitriles is 1. The number of anilines is 1. The summed E-state index contributed by atoms with van der Waals surface area (Å²) < 4.78 is 0. The molecule has 1 aromatic heterocycles. The van der Waals surface area contributed by atoms with E-state index in [0.717, 1.165) is 47.3 Å². The van der Waals surface area contributed by atoms with E-state index >= 15 is 0 Å². The molecule has 2 N–H and O–H groups in total. The molecule has 3 aromatic carbocycles. The van der Waals surface area contributed by atoms with Crippen molar-refractivity contribution < 1.29 is 14.5 Å². The monoisotopic (exact) mass is 564 g/mol. The molecule has 1 atom stereocenters. The van der Waals surface area contributed by atoms with Gasteiger partial charge in [-0.15, -0.1) is 11.3 Å². The fraction of sp³-hybridized carbons (Fsp3) is 0.219. The molecule has 0 saturated heterocycles. The van der Waals surface area contributed by atoms with Gasteiger partial charge in [0.1, 0.15) is 17.1 Å². The van der Waals surface area contributed by atoms with E-state index in [1.165, 1.54) is 23.5 Å². The average Bonchev–Trinajstić information content (AvgIpc) is 3.35. The van der Waals surface area contributed by atoms with E-state index in [0.29, 0.717) is 16.1 Å². The summed E-state index contributed by atoms with van der Waals surface area (Å²) in [7, 11) is 0. The number of nitrogens with one attached hydrogen (secondary N) is 2. The van der Waals surface area contributed by atoms with E-state index in [-0.39, 0.29) is 18.0 Å². The molecule has 0 saturated carbocycles. The molecular formula is C32H28N4O4S. The lowest BCUT2D eigenvalue weighted by Gasteiger charge is -2.23.